The van der Waals surface area contributed by atoms with E-state index in [-0.39, 0.29) is 0 Å². The van der Waals surface area contributed by atoms with Crippen LogP contribution in [0.5, 0.6) is 5.75 Å². The predicted octanol–water partition coefficient (Wildman–Crippen LogP) is 5.74. The second-order valence-electron chi connectivity index (χ2n) is 8.76. The molecule has 2 aromatic heterocycles. The van der Waals surface area contributed by atoms with Gasteiger partial charge in [0.15, 0.2) is 0 Å². The molecule has 6 nitrogen and oxygen atoms in total. The van der Waals surface area contributed by atoms with Crippen molar-refractivity contribution in [1.82, 2.24) is 19.9 Å². The monoisotopic (exact) mass is 473 g/mol. The highest BCUT2D eigenvalue weighted by Crippen LogP contribution is 2.31. The maximum Gasteiger partial charge on any atom is 0.223 e. The minimum Gasteiger partial charge on any atom is -0.494 e. The minimum absolute atomic E-state index is 0.374. The fraction of sp³-hybridized carbons (Fsp3) is 0.296. The van der Waals surface area contributed by atoms with Gasteiger partial charge in [-0.05, 0) is 61.2 Å². The lowest BCUT2D eigenvalue weighted by Crippen LogP contribution is -2.39. The van der Waals surface area contributed by atoms with E-state index in [4.69, 9.17) is 26.3 Å². The summed E-state index contributed by atoms with van der Waals surface area (Å²) in [6, 6.07) is 16.7. The summed E-state index contributed by atoms with van der Waals surface area (Å²) >= 11 is 6.01. The molecule has 1 saturated heterocycles. The van der Waals surface area contributed by atoms with Crippen molar-refractivity contribution >= 4 is 28.5 Å². The summed E-state index contributed by atoms with van der Waals surface area (Å²) in [4.78, 5) is 16.2. The second kappa shape index (κ2) is 9.95. The fourth-order valence-corrected chi connectivity index (χ4v) is 4.69. The quantitative estimate of drug-likeness (QED) is 0.385. The molecule has 4 aromatic rings. The summed E-state index contributed by atoms with van der Waals surface area (Å²) in [5.41, 5.74) is 5.26. The summed E-state index contributed by atoms with van der Waals surface area (Å²) in [5, 5.41) is 5.40. The van der Waals surface area contributed by atoms with E-state index in [1.807, 2.05) is 25.1 Å². The Bertz CT molecular complexity index is 1290. The molecule has 1 N–H and O–H groups in total. The van der Waals surface area contributed by atoms with E-state index in [9.17, 15) is 0 Å². The van der Waals surface area contributed by atoms with E-state index in [1.54, 1.807) is 19.5 Å². The van der Waals surface area contributed by atoms with Crippen LogP contribution in [0.4, 0.5) is 5.95 Å². The number of rotatable bonds is 6. The van der Waals surface area contributed by atoms with E-state index >= 15 is 0 Å². The molecule has 0 unspecified atom stereocenters. The summed E-state index contributed by atoms with van der Waals surface area (Å²) in [7, 11) is 1.66. The molecule has 7 heteroatoms. The van der Waals surface area contributed by atoms with Crippen molar-refractivity contribution in [2.45, 2.75) is 32.4 Å². The van der Waals surface area contributed by atoms with Gasteiger partial charge < -0.3 is 10.1 Å². The number of likely N-dealkylation sites (tertiary alicyclic amines) is 1. The Kier molecular flexibility index (Phi) is 6.61. The largest absolute Gasteiger partial charge is 0.494 e. The number of hydrogen-bond donors (Lipinski definition) is 1. The number of halogens is 1. The molecule has 3 heterocycles. The number of aromatic nitrogens is 3. The first-order valence-corrected chi connectivity index (χ1v) is 12.0. The van der Waals surface area contributed by atoms with Gasteiger partial charge in [0.25, 0.3) is 0 Å². The van der Waals surface area contributed by atoms with E-state index in [0.717, 1.165) is 71.0 Å². The molecule has 0 aliphatic carbocycles. The number of piperidine rings is 1. The van der Waals surface area contributed by atoms with Crippen molar-refractivity contribution in [3.05, 3.63) is 77.2 Å². The van der Waals surface area contributed by atoms with Gasteiger partial charge in [-0.3, -0.25) is 9.88 Å². The van der Waals surface area contributed by atoms with Gasteiger partial charge >= 0.3 is 0 Å². The van der Waals surface area contributed by atoms with E-state index < -0.39 is 0 Å². The maximum atomic E-state index is 6.01. The maximum absolute atomic E-state index is 6.01. The third kappa shape index (κ3) is 4.98. The zero-order valence-electron chi connectivity index (χ0n) is 19.5. The number of ether oxygens (including phenoxy) is 1. The van der Waals surface area contributed by atoms with Gasteiger partial charge in [-0.15, -0.1) is 0 Å². The van der Waals surface area contributed by atoms with Gasteiger partial charge in [0.1, 0.15) is 5.75 Å². The van der Waals surface area contributed by atoms with Crippen LogP contribution in [0.15, 0.2) is 60.9 Å². The second-order valence-corrected chi connectivity index (χ2v) is 9.20. The lowest BCUT2D eigenvalue weighted by molar-refractivity contribution is 0.211. The molecular weight excluding hydrogens is 446 g/mol. The van der Waals surface area contributed by atoms with Crippen molar-refractivity contribution in [1.29, 1.82) is 0 Å². The molecule has 5 rings (SSSR count). The van der Waals surface area contributed by atoms with Crippen LogP contribution >= 0.6 is 11.6 Å². The van der Waals surface area contributed by atoms with Crippen LogP contribution in [0, 0.1) is 6.92 Å². The van der Waals surface area contributed by atoms with Crippen molar-refractivity contribution in [2.24, 2.45) is 0 Å². The zero-order valence-corrected chi connectivity index (χ0v) is 20.2. The van der Waals surface area contributed by atoms with Crippen molar-refractivity contribution in [3.8, 4) is 16.9 Å². The number of hydrogen-bond acceptors (Lipinski definition) is 6. The lowest BCUT2D eigenvalue weighted by atomic mass is 10.0. The van der Waals surface area contributed by atoms with Gasteiger partial charge in [-0.1, -0.05) is 29.8 Å². The molecule has 0 radical (unpaired) electrons. The van der Waals surface area contributed by atoms with E-state index in [0.29, 0.717) is 12.0 Å². The topological polar surface area (TPSA) is 63.2 Å². The van der Waals surface area contributed by atoms with Crippen LogP contribution in [0.1, 0.15) is 24.1 Å². The van der Waals surface area contributed by atoms with Crippen LogP contribution < -0.4 is 10.1 Å². The van der Waals surface area contributed by atoms with Gasteiger partial charge in [0, 0.05) is 47.8 Å². The molecule has 174 valence electrons. The number of anilines is 1. The van der Waals surface area contributed by atoms with Crippen LogP contribution in [0.3, 0.4) is 0 Å². The Morgan fingerprint density at radius 2 is 1.85 bits per heavy atom. The van der Waals surface area contributed by atoms with Crippen molar-refractivity contribution < 1.29 is 4.74 Å². The standard InChI is InChI=1S/C27H28ClN5O/c1-18-24-15-20(23-9-12-29-16-26(23)34-2)5-8-25(24)32-27(30-18)31-22-10-13-33(14-11-22)17-19-3-6-21(28)7-4-19/h3-9,12,15-16,22H,10-11,13-14,17H2,1-2H3,(H,30,31,32). The molecule has 0 spiro atoms. The first-order chi connectivity index (χ1) is 16.6. The first-order valence-electron chi connectivity index (χ1n) is 11.6. The predicted molar refractivity (Wildman–Crippen MR) is 137 cm³/mol. The molecule has 0 bridgehead atoms. The Labute approximate surface area is 205 Å². The van der Waals surface area contributed by atoms with Crippen LogP contribution in [0.25, 0.3) is 22.0 Å². The highest BCUT2D eigenvalue weighted by Gasteiger charge is 2.20. The Morgan fingerprint density at radius 1 is 1.06 bits per heavy atom. The number of nitrogens with zero attached hydrogens (tertiary/aromatic N) is 4. The van der Waals surface area contributed by atoms with E-state index in [2.05, 4.69) is 45.5 Å². The van der Waals surface area contributed by atoms with E-state index in [1.165, 1.54) is 5.56 Å². The van der Waals surface area contributed by atoms with Gasteiger partial charge in [-0.2, -0.15) is 0 Å². The molecule has 1 aliphatic heterocycles. The van der Waals surface area contributed by atoms with Gasteiger partial charge in [0.2, 0.25) is 5.95 Å². The number of aryl methyl sites for hydroxylation is 1. The third-order valence-corrected chi connectivity index (χ3v) is 6.69. The number of methoxy groups -OCH3 is 1. The SMILES string of the molecule is COc1cnccc1-c1ccc2nc(NC3CCN(Cc4ccc(Cl)cc4)CC3)nc(C)c2c1. The molecule has 0 atom stereocenters. The fourth-order valence-electron chi connectivity index (χ4n) is 4.56. The summed E-state index contributed by atoms with van der Waals surface area (Å²) in [5.74, 6) is 1.46. The molecule has 34 heavy (non-hydrogen) atoms. The van der Waals surface area contributed by atoms with Gasteiger partial charge in [-0.25, -0.2) is 9.97 Å². The lowest BCUT2D eigenvalue weighted by Gasteiger charge is -2.32. The Hall–Kier alpha value is -3.22. The summed E-state index contributed by atoms with van der Waals surface area (Å²) in [6.45, 7) is 5.09. The van der Waals surface area contributed by atoms with Gasteiger partial charge in [0.05, 0.1) is 24.5 Å². The average Bonchev–Trinajstić information content (AvgIpc) is 2.86. The zero-order chi connectivity index (χ0) is 23.5. The average molecular weight is 474 g/mol. The Morgan fingerprint density at radius 3 is 2.62 bits per heavy atom. The molecule has 1 aliphatic rings. The number of pyridine rings is 1. The normalized spacial score (nSPS) is 14.9. The van der Waals surface area contributed by atoms with Crippen molar-refractivity contribution in [2.75, 3.05) is 25.5 Å². The number of fused-ring (bicyclic) bond motifs is 1. The number of nitrogens with one attached hydrogen (secondary N) is 1. The molecule has 2 aromatic carbocycles. The highest BCUT2D eigenvalue weighted by molar-refractivity contribution is 6.30. The first kappa shape index (κ1) is 22.6. The van der Waals surface area contributed by atoms with Crippen molar-refractivity contribution in [3.63, 3.8) is 0 Å². The third-order valence-electron chi connectivity index (χ3n) is 6.44. The summed E-state index contributed by atoms with van der Waals surface area (Å²) in [6.07, 6.45) is 5.64. The molecule has 0 amide bonds. The minimum atomic E-state index is 0.374. The van der Waals surface area contributed by atoms with Crippen LogP contribution in [-0.4, -0.2) is 46.1 Å². The molecule has 1 fully saturated rings. The molecule has 0 saturated carbocycles. The van der Waals surface area contributed by atoms with Crippen LogP contribution in [0.2, 0.25) is 5.02 Å². The van der Waals surface area contributed by atoms with Crippen LogP contribution in [-0.2, 0) is 6.54 Å². The summed E-state index contributed by atoms with van der Waals surface area (Å²) < 4.78 is 5.48. The Balaban J connectivity index is 1.26. The number of benzene rings is 2. The molecular formula is C27H28ClN5O. The highest BCUT2D eigenvalue weighted by atomic mass is 35.5. The smallest absolute Gasteiger partial charge is 0.223 e.